The fourth-order valence-electron chi connectivity index (χ4n) is 3.00. The van der Waals surface area contributed by atoms with Gasteiger partial charge >= 0.3 is 0 Å². The lowest BCUT2D eigenvalue weighted by atomic mass is 10.2. The van der Waals surface area contributed by atoms with E-state index in [-0.39, 0.29) is 5.82 Å². The van der Waals surface area contributed by atoms with Gasteiger partial charge in [0.2, 0.25) is 0 Å². The molecule has 4 nitrogen and oxygen atoms in total. The number of hydrogen-bond acceptors (Lipinski definition) is 5. The number of benzene rings is 1. The van der Waals surface area contributed by atoms with Crippen molar-refractivity contribution in [2.24, 2.45) is 0 Å². The summed E-state index contributed by atoms with van der Waals surface area (Å²) < 4.78 is 15.2. The van der Waals surface area contributed by atoms with E-state index in [4.69, 9.17) is 0 Å². The van der Waals surface area contributed by atoms with Crippen molar-refractivity contribution in [3.05, 3.63) is 51.8 Å². The van der Waals surface area contributed by atoms with Crippen molar-refractivity contribution in [3.63, 3.8) is 0 Å². The zero-order chi connectivity index (χ0) is 16.5. The molecule has 0 spiro atoms. The smallest absolute Gasteiger partial charge is 0.150 e. The average Bonchev–Trinajstić information content (AvgIpc) is 2.98. The lowest BCUT2D eigenvalue weighted by Gasteiger charge is -2.35. The number of piperazine rings is 1. The molecule has 0 amide bonds. The number of fused-ring (bicyclic) bond motifs is 1. The summed E-state index contributed by atoms with van der Waals surface area (Å²) in [6.45, 7) is 4.66. The van der Waals surface area contributed by atoms with Crippen LogP contribution in [0.4, 0.5) is 10.2 Å². The van der Waals surface area contributed by atoms with Gasteiger partial charge in [-0.1, -0.05) is 12.1 Å². The predicted molar refractivity (Wildman–Crippen MR) is 99.0 cm³/mol. The average molecular weight is 407 g/mol. The lowest BCUT2D eigenvalue weighted by molar-refractivity contribution is 0.249. The maximum Gasteiger partial charge on any atom is 0.150 e. The zero-order valence-electron chi connectivity index (χ0n) is 13.0. The number of anilines is 1. The molecule has 0 bridgehead atoms. The quantitative estimate of drug-likeness (QED) is 0.659. The third-order valence-electron chi connectivity index (χ3n) is 4.25. The first kappa shape index (κ1) is 15.9. The molecule has 1 aromatic carbocycles. The highest BCUT2D eigenvalue weighted by atomic mass is 79.9. The molecule has 0 saturated carbocycles. The van der Waals surface area contributed by atoms with Gasteiger partial charge in [-0.15, -0.1) is 11.3 Å². The summed E-state index contributed by atoms with van der Waals surface area (Å²) >= 11 is 5.21. The lowest BCUT2D eigenvalue weighted by Crippen LogP contribution is -2.46. The topological polar surface area (TPSA) is 32.3 Å². The number of halogens is 2. The Morgan fingerprint density at radius 3 is 2.58 bits per heavy atom. The highest BCUT2D eigenvalue weighted by molar-refractivity contribution is 9.11. The van der Waals surface area contributed by atoms with Gasteiger partial charge in [-0.25, -0.2) is 14.4 Å². The van der Waals surface area contributed by atoms with Crippen LogP contribution in [0.25, 0.3) is 10.2 Å². The van der Waals surface area contributed by atoms with Crippen molar-refractivity contribution in [2.45, 2.75) is 6.54 Å². The largest absolute Gasteiger partial charge is 0.353 e. The summed E-state index contributed by atoms with van der Waals surface area (Å²) in [5, 5.41) is 0. The van der Waals surface area contributed by atoms with E-state index < -0.39 is 0 Å². The molecule has 0 radical (unpaired) electrons. The first-order valence-electron chi connectivity index (χ1n) is 7.81. The Balaban J connectivity index is 1.44. The predicted octanol–water partition coefficient (Wildman–Crippen LogP) is 3.92. The molecule has 0 atom stereocenters. The Morgan fingerprint density at radius 2 is 1.83 bits per heavy atom. The maximum atomic E-state index is 13.0. The molecule has 1 aliphatic rings. The van der Waals surface area contributed by atoms with Crippen LogP contribution < -0.4 is 4.90 Å². The Bertz CT molecular complexity index is 843. The van der Waals surface area contributed by atoms with E-state index in [2.05, 4.69) is 35.7 Å². The van der Waals surface area contributed by atoms with Crippen LogP contribution >= 0.6 is 27.3 Å². The minimum Gasteiger partial charge on any atom is -0.353 e. The fourth-order valence-corrected chi connectivity index (χ4v) is 4.56. The van der Waals surface area contributed by atoms with Gasteiger partial charge in [0, 0.05) is 32.7 Å². The second-order valence-corrected chi connectivity index (χ2v) is 8.28. The third kappa shape index (κ3) is 3.29. The number of hydrogen-bond donors (Lipinski definition) is 0. The van der Waals surface area contributed by atoms with Gasteiger partial charge in [-0.05, 0) is 39.7 Å². The molecule has 124 valence electrons. The van der Waals surface area contributed by atoms with Gasteiger partial charge in [0.05, 0.1) is 14.0 Å². The Morgan fingerprint density at radius 1 is 1.08 bits per heavy atom. The molecule has 0 N–H and O–H groups in total. The molecule has 0 unspecified atom stereocenters. The molecule has 3 heterocycles. The van der Waals surface area contributed by atoms with Gasteiger partial charge in [-0.2, -0.15) is 0 Å². The van der Waals surface area contributed by atoms with Crippen LogP contribution in [0.3, 0.4) is 0 Å². The van der Waals surface area contributed by atoms with Crippen molar-refractivity contribution < 1.29 is 4.39 Å². The van der Waals surface area contributed by atoms with Crippen molar-refractivity contribution >= 4 is 43.3 Å². The molecule has 7 heteroatoms. The van der Waals surface area contributed by atoms with Crippen LogP contribution in [0.1, 0.15) is 5.56 Å². The molecular formula is C17H16BrFN4S. The summed E-state index contributed by atoms with van der Waals surface area (Å²) in [6, 6.07) is 8.81. The Kier molecular flexibility index (Phi) is 4.47. The molecule has 4 rings (SSSR count). The molecule has 24 heavy (non-hydrogen) atoms. The molecule has 0 aliphatic carbocycles. The minimum atomic E-state index is -0.182. The molecule has 2 aromatic heterocycles. The van der Waals surface area contributed by atoms with Crippen molar-refractivity contribution in [1.82, 2.24) is 14.9 Å². The summed E-state index contributed by atoms with van der Waals surface area (Å²) in [4.78, 5) is 13.6. The second kappa shape index (κ2) is 6.74. The number of nitrogens with zero attached hydrogens (tertiary/aromatic N) is 4. The highest BCUT2D eigenvalue weighted by Gasteiger charge is 2.21. The SMILES string of the molecule is Fc1ccc(CN2CCN(c3ncnc4cc(Br)sc34)CC2)cc1. The van der Waals surface area contributed by atoms with E-state index >= 15 is 0 Å². The van der Waals surface area contributed by atoms with E-state index in [1.807, 2.05) is 18.2 Å². The van der Waals surface area contributed by atoms with Crippen LogP contribution in [-0.4, -0.2) is 41.0 Å². The van der Waals surface area contributed by atoms with Crippen molar-refractivity contribution in [3.8, 4) is 0 Å². The van der Waals surface area contributed by atoms with Crippen LogP contribution in [0.2, 0.25) is 0 Å². The number of thiophene rings is 1. The summed E-state index contributed by atoms with van der Waals surface area (Å²) in [5.41, 5.74) is 2.14. The van der Waals surface area contributed by atoms with Crippen LogP contribution in [0, 0.1) is 5.82 Å². The zero-order valence-corrected chi connectivity index (χ0v) is 15.4. The van der Waals surface area contributed by atoms with Gasteiger partial charge in [0.1, 0.15) is 18.0 Å². The summed E-state index contributed by atoms with van der Waals surface area (Å²) in [5.74, 6) is 0.843. The van der Waals surface area contributed by atoms with Crippen molar-refractivity contribution in [1.29, 1.82) is 0 Å². The first-order valence-corrected chi connectivity index (χ1v) is 9.42. The molecule has 1 aliphatic heterocycles. The van der Waals surface area contributed by atoms with E-state index in [1.165, 1.54) is 12.1 Å². The molecule has 3 aromatic rings. The number of aromatic nitrogens is 2. The number of rotatable bonds is 3. The summed E-state index contributed by atoms with van der Waals surface area (Å²) in [7, 11) is 0. The van der Waals surface area contributed by atoms with Gasteiger partial charge in [-0.3, -0.25) is 4.90 Å². The van der Waals surface area contributed by atoms with Crippen LogP contribution in [0.5, 0.6) is 0 Å². The van der Waals surface area contributed by atoms with Crippen molar-refractivity contribution in [2.75, 3.05) is 31.1 Å². The van der Waals surface area contributed by atoms with E-state index in [1.54, 1.807) is 17.7 Å². The Hall–Kier alpha value is -1.57. The Labute approximate surface area is 152 Å². The molecule has 1 fully saturated rings. The van der Waals surface area contributed by atoms with Crippen LogP contribution in [0.15, 0.2) is 40.4 Å². The monoisotopic (exact) mass is 406 g/mol. The second-order valence-electron chi connectivity index (χ2n) is 5.85. The first-order chi connectivity index (χ1) is 11.7. The van der Waals surface area contributed by atoms with Gasteiger partial charge < -0.3 is 4.90 Å². The summed E-state index contributed by atoms with van der Waals surface area (Å²) in [6.07, 6.45) is 1.64. The fraction of sp³-hybridized carbons (Fsp3) is 0.294. The maximum absolute atomic E-state index is 13.0. The van der Waals surface area contributed by atoms with Crippen LogP contribution in [-0.2, 0) is 6.54 Å². The highest BCUT2D eigenvalue weighted by Crippen LogP contribution is 2.34. The van der Waals surface area contributed by atoms with E-state index in [0.29, 0.717) is 0 Å². The third-order valence-corrected chi connectivity index (χ3v) is 5.88. The van der Waals surface area contributed by atoms with Gasteiger partial charge in [0.15, 0.2) is 0 Å². The standard InChI is InChI=1S/C17H16BrFN4S/c18-15-9-14-16(24-15)17(21-11-20-14)23-7-5-22(6-8-23)10-12-1-3-13(19)4-2-12/h1-4,9,11H,5-8,10H2. The normalized spacial score (nSPS) is 16.0. The van der Waals surface area contributed by atoms with E-state index in [0.717, 1.165) is 58.1 Å². The minimum absolute atomic E-state index is 0.182. The van der Waals surface area contributed by atoms with E-state index in [9.17, 15) is 4.39 Å². The van der Waals surface area contributed by atoms with Gasteiger partial charge in [0.25, 0.3) is 0 Å². The molecular weight excluding hydrogens is 391 g/mol. The molecule has 1 saturated heterocycles.